The van der Waals surface area contributed by atoms with E-state index in [4.69, 9.17) is 35.7 Å². The maximum Gasteiger partial charge on any atom is 0.0639 e. The van der Waals surface area contributed by atoms with Crippen molar-refractivity contribution in [1.82, 2.24) is 4.90 Å². The molecule has 1 aromatic carbocycles. The summed E-state index contributed by atoms with van der Waals surface area (Å²) in [5.41, 5.74) is 1.03. The molecule has 0 amide bonds. The summed E-state index contributed by atoms with van der Waals surface area (Å²) in [6.07, 6.45) is -1.63. The molecule has 0 aromatic heterocycles. The molecule has 0 fully saturated rings. The first-order valence-corrected chi connectivity index (χ1v) is 11.9. The molecule has 220 valence electrons. The average Bonchev–Trinajstić information content (AvgIpc) is 2.66. The van der Waals surface area contributed by atoms with E-state index in [0.29, 0.717) is 32.7 Å². The van der Waals surface area contributed by atoms with Crippen LogP contribution >= 0.6 is 0 Å². The van der Waals surface area contributed by atoms with Crippen LogP contribution in [0.2, 0.25) is 0 Å². The van der Waals surface area contributed by atoms with Gasteiger partial charge in [0.25, 0.3) is 0 Å². The van der Waals surface area contributed by atoms with E-state index < -0.39 is 18.3 Å². The summed E-state index contributed by atoms with van der Waals surface area (Å²) >= 11 is 0. The van der Waals surface area contributed by atoms with Gasteiger partial charge in [0, 0.05) is 94.1 Å². The van der Waals surface area contributed by atoms with Crippen molar-refractivity contribution in [3.8, 4) is 0 Å². The summed E-state index contributed by atoms with van der Waals surface area (Å²) in [4.78, 5) is 3.79. The SMILES string of the molecule is CC(C)O.CC(C)O.CC(O)CN(CC(C)O)CC(C)O.OCCN(CCO)c1ccccc1.[CH3-].[Ti].[Ti]. The van der Waals surface area contributed by atoms with Gasteiger partial charge >= 0.3 is 0 Å². The zero-order chi connectivity index (χ0) is 27.1. The molecule has 1 aromatic rings. The van der Waals surface area contributed by atoms with Gasteiger partial charge in [-0.2, -0.15) is 0 Å². The Kier molecular flexibility index (Phi) is 46.2. The number of benzene rings is 1. The van der Waals surface area contributed by atoms with Crippen molar-refractivity contribution in [2.45, 2.75) is 79.0 Å². The number of aliphatic hydroxyl groups excluding tert-OH is 7. The van der Waals surface area contributed by atoms with E-state index in [1.54, 1.807) is 48.5 Å². The van der Waals surface area contributed by atoms with Gasteiger partial charge < -0.3 is 48.1 Å². The molecular weight excluding hydrogens is 548 g/mol. The Morgan fingerprint density at radius 2 is 0.865 bits per heavy atom. The Labute approximate surface area is 256 Å². The van der Waals surface area contributed by atoms with Crippen LogP contribution in [0.5, 0.6) is 0 Å². The second-order valence-corrected chi connectivity index (χ2v) is 8.72. The molecule has 9 nitrogen and oxygen atoms in total. The number of hydrogen-bond donors (Lipinski definition) is 7. The van der Waals surface area contributed by atoms with Crippen LogP contribution in [0.25, 0.3) is 0 Å². The summed E-state index contributed by atoms with van der Waals surface area (Å²) in [7, 11) is 0. The molecule has 37 heavy (non-hydrogen) atoms. The van der Waals surface area contributed by atoms with Crippen molar-refractivity contribution in [2.24, 2.45) is 0 Å². The molecule has 0 saturated carbocycles. The van der Waals surface area contributed by atoms with Crippen molar-refractivity contribution in [3.63, 3.8) is 0 Å². The molecule has 0 aliphatic heterocycles. The minimum absolute atomic E-state index is 0. The smallest absolute Gasteiger partial charge is 0.0639 e. The van der Waals surface area contributed by atoms with Gasteiger partial charge in [-0.1, -0.05) is 18.2 Å². The fraction of sp³-hybridized carbons (Fsp3) is 0.731. The largest absolute Gasteiger partial charge is 0.395 e. The van der Waals surface area contributed by atoms with Crippen molar-refractivity contribution in [3.05, 3.63) is 37.8 Å². The number of anilines is 1. The molecule has 0 saturated heterocycles. The van der Waals surface area contributed by atoms with Gasteiger partial charge in [0.1, 0.15) is 0 Å². The Morgan fingerprint density at radius 1 is 0.595 bits per heavy atom. The minimum Gasteiger partial charge on any atom is -0.395 e. The van der Waals surface area contributed by atoms with Crippen LogP contribution in [-0.2, 0) is 43.4 Å². The molecule has 0 bridgehead atoms. The Hall–Kier alpha value is 0.129. The first kappa shape index (κ1) is 50.0. The predicted molar refractivity (Wildman–Crippen MR) is 145 cm³/mol. The predicted octanol–water partition coefficient (Wildman–Crippen LogP) is 1.13. The van der Waals surface area contributed by atoms with Crippen LogP contribution < -0.4 is 4.90 Å². The van der Waals surface area contributed by atoms with Gasteiger partial charge in [0.15, 0.2) is 0 Å². The van der Waals surface area contributed by atoms with Gasteiger partial charge in [-0.15, -0.1) is 0 Å². The van der Waals surface area contributed by atoms with Gasteiger partial charge in [-0.05, 0) is 60.6 Å². The van der Waals surface area contributed by atoms with Crippen LogP contribution in [0.4, 0.5) is 5.69 Å². The topological polar surface area (TPSA) is 148 Å². The first-order valence-electron chi connectivity index (χ1n) is 11.9. The number of aliphatic hydroxyl groups is 7. The first-order chi connectivity index (χ1) is 15.8. The number of rotatable bonds is 11. The Morgan fingerprint density at radius 3 is 1.08 bits per heavy atom. The van der Waals surface area contributed by atoms with Crippen molar-refractivity contribution in [1.29, 1.82) is 0 Å². The minimum atomic E-state index is -0.433. The number of hydrogen-bond acceptors (Lipinski definition) is 9. The third-order valence-corrected chi connectivity index (χ3v) is 3.43. The Bertz CT molecular complexity index is 486. The molecular formula is C26H55N2O7Ti2-. The summed E-state index contributed by atoms with van der Waals surface area (Å²) in [6.45, 7) is 14.7. The van der Waals surface area contributed by atoms with Gasteiger partial charge in [0.05, 0.1) is 31.5 Å². The third kappa shape index (κ3) is 46.4. The van der Waals surface area contributed by atoms with Crippen LogP contribution in [0.1, 0.15) is 48.5 Å². The van der Waals surface area contributed by atoms with E-state index in [1.165, 1.54) is 0 Å². The van der Waals surface area contributed by atoms with Crippen LogP contribution in [0, 0.1) is 7.43 Å². The van der Waals surface area contributed by atoms with E-state index in [2.05, 4.69) is 0 Å². The van der Waals surface area contributed by atoms with Crippen molar-refractivity contribution < 1.29 is 79.2 Å². The van der Waals surface area contributed by atoms with Gasteiger partial charge in [-0.3, -0.25) is 4.90 Å². The maximum absolute atomic E-state index is 9.14. The normalized spacial score (nSPS) is 12.0. The van der Waals surface area contributed by atoms with Crippen molar-refractivity contribution in [2.75, 3.05) is 50.8 Å². The van der Waals surface area contributed by atoms with E-state index in [-0.39, 0.29) is 76.3 Å². The summed E-state index contributed by atoms with van der Waals surface area (Å²) < 4.78 is 0. The molecule has 0 heterocycles. The van der Waals surface area contributed by atoms with E-state index in [9.17, 15) is 0 Å². The van der Waals surface area contributed by atoms with E-state index in [1.807, 2.05) is 40.1 Å². The van der Waals surface area contributed by atoms with E-state index >= 15 is 0 Å². The second kappa shape index (κ2) is 34.2. The summed E-state index contributed by atoms with van der Waals surface area (Å²) in [6, 6.07) is 9.75. The molecule has 1 rings (SSSR count). The zero-order valence-corrected chi connectivity index (χ0v) is 27.4. The quantitative estimate of drug-likeness (QED) is 0.146. The molecule has 3 atom stereocenters. The third-order valence-electron chi connectivity index (χ3n) is 3.43. The van der Waals surface area contributed by atoms with Gasteiger partial charge in [0.2, 0.25) is 0 Å². The van der Waals surface area contributed by atoms with Crippen LogP contribution in [0.3, 0.4) is 0 Å². The molecule has 0 spiro atoms. The van der Waals surface area contributed by atoms with E-state index in [0.717, 1.165) is 5.69 Å². The van der Waals surface area contributed by atoms with Crippen molar-refractivity contribution >= 4 is 5.69 Å². The number of para-hydroxylation sites is 1. The molecule has 0 radical (unpaired) electrons. The standard InChI is InChI=1S/C10H15NO2.C9H21NO3.2C3H8O.CH3.2Ti/c12-8-6-11(7-9-13)10-4-2-1-3-5-10;1-7(11)4-10(5-8(2)12)6-9(3)13;2*1-3(2)4;;;/h1-5,12-13H,6-9H2;7-9,11-13H,4-6H2,1-3H3;2*3-4H,1-2H3;1H3;;/q;;;;-1;;. The zero-order valence-electron chi connectivity index (χ0n) is 24.2. The number of nitrogens with zero attached hydrogens (tertiary/aromatic N) is 2. The van der Waals surface area contributed by atoms with Crippen LogP contribution in [-0.4, -0.2) is 117 Å². The molecule has 0 aliphatic carbocycles. The molecule has 11 heteroatoms. The summed E-state index contributed by atoms with van der Waals surface area (Å²) in [5, 5.41) is 61.1. The Balaban J connectivity index is -0.0000000948. The molecule has 3 unspecified atom stereocenters. The van der Waals surface area contributed by atoms with Crippen LogP contribution in [0.15, 0.2) is 30.3 Å². The molecule has 7 N–H and O–H groups in total. The second-order valence-electron chi connectivity index (χ2n) is 8.72. The monoisotopic (exact) mass is 603 g/mol. The van der Waals surface area contributed by atoms with Gasteiger partial charge in [-0.25, -0.2) is 0 Å². The average molecular weight is 603 g/mol. The molecule has 0 aliphatic rings. The maximum atomic E-state index is 9.14. The fourth-order valence-corrected chi connectivity index (χ4v) is 2.59. The fourth-order valence-electron chi connectivity index (χ4n) is 2.59. The summed E-state index contributed by atoms with van der Waals surface area (Å²) in [5.74, 6) is 0.